The molecular formula is C21H28N2O2. The molecule has 0 fully saturated rings. The molecule has 4 nitrogen and oxygen atoms in total. The first kappa shape index (κ1) is 19.0. The first-order valence-corrected chi connectivity index (χ1v) is 9.05. The van der Waals surface area contributed by atoms with Crippen LogP contribution < -0.4 is 15.4 Å². The second-order valence-corrected chi connectivity index (χ2v) is 6.07. The molecule has 0 unspecified atom stereocenters. The Hall–Kier alpha value is -2.33. The molecule has 25 heavy (non-hydrogen) atoms. The van der Waals surface area contributed by atoms with Gasteiger partial charge < -0.3 is 15.4 Å². The molecule has 2 rings (SSSR count). The standard InChI is InChI=1S/C21H28N2O2/c1-2-3-4-8-15-25-20-13-11-19(12-14-20)23-21(24)17-22-16-18-9-6-5-7-10-18/h5-7,9-14,22H,2-4,8,15-17H2,1H3,(H,23,24). The molecule has 134 valence electrons. The largest absolute Gasteiger partial charge is 0.494 e. The van der Waals surface area contributed by atoms with Gasteiger partial charge in [-0.2, -0.15) is 0 Å². The van der Waals surface area contributed by atoms with Crippen LogP contribution in [0, 0.1) is 0 Å². The lowest BCUT2D eigenvalue weighted by molar-refractivity contribution is -0.115. The normalized spacial score (nSPS) is 10.4. The summed E-state index contributed by atoms with van der Waals surface area (Å²) in [4.78, 5) is 12.0. The van der Waals surface area contributed by atoms with E-state index in [4.69, 9.17) is 4.74 Å². The molecule has 0 spiro atoms. The Morgan fingerprint density at radius 2 is 1.72 bits per heavy atom. The van der Waals surface area contributed by atoms with Gasteiger partial charge in [-0.25, -0.2) is 0 Å². The number of amides is 1. The van der Waals surface area contributed by atoms with Gasteiger partial charge in [0.15, 0.2) is 0 Å². The second kappa shape index (κ2) is 11.3. The first-order chi connectivity index (χ1) is 12.3. The maximum absolute atomic E-state index is 12.0. The zero-order chi connectivity index (χ0) is 17.7. The van der Waals surface area contributed by atoms with Crippen molar-refractivity contribution in [1.82, 2.24) is 5.32 Å². The summed E-state index contributed by atoms with van der Waals surface area (Å²) in [5, 5.41) is 6.02. The molecule has 0 aromatic heterocycles. The van der Waals surface area contributed by atoms with Crippen molar-refractivity contribution in [3.8, 4) is 5.75 Å². The van der Waals surface area contributed by atoms with E-state index in [-0.39, 0.29) is 12.5 Å². The molecule has 0 saturated heterocycles. The zero-order valence-electron chi connectivity index (χ0n) is 15.0. The van der Waals surface area contributed by atoms with Crippen LogP contribution in [0.5, 0.6) is 5.75 Å². The number of carbonyl (C=O) groups is 1. The van der Waals surface area contributed by atoms with E-state index >= 15 is 0 Å². The Morgan fingerprint density at radius 1 is 0.960 bits per heavy atom. The number of carbonyl (C=O) groups excluding carboxylic acids is 1. The molecule has 0 bridgehead atoms. The molecule has 0 aliphatic rings. The molecular weight excluding hydrogens is 312 g/mol. The van der Waals surface area contributed by atoms with Crippen LogP contribution in [-0.2, 0) is 11.3 Å². The third-order valence-corrected chi connectivity index (χ3v) is 3.86. The molecule has 4 heteroatoms. The number of nitrogens with one attached hydrogen (secondary N) is 2. The van der Waals surface area contributed by atoms with Crippen molar-refractivity contribution in [1.29, 1.82) is 0 Å². The number of hydrogen-bond donors (Lipinski definition) is 2. The third-order valence-electron chi connectivity index (χ3n) is 3.86. The Kier molecular flexibility index (Phi) is 8.56. The van der Waals surface area contributed by atoms with Crippen molar-refractivity contribution in [3.63, 3.8) is 0 Å². The maximum Gasteiger partial charge on any atom is 0.238 e. The average Bonchev–Trinajstić information content (AvgIpc) is 2.64. The lowest BCUT2D eigenvalue weighted by Crippen LogP contribution is -2.27. The lowest BCUT2D eigenvalue weighted by Gasteiger charge is -2.09. The number of rotatable bonds is 11. The Labute approximate surface area is 150 Å². The maximum atomic E-state index is 12.0. The second-order valence-electron chi connectivity index (χ2n) is 6.07. The fraction of sp³-hybridized carbons (Fsp3) is 0.381. The average molecular weight is 340 g/mol. The number of anilines is 1. The van der Waals surface area contributed by atoms with Crippen molar-refractivity contribution in [2.45, 2.75) is 39.2 Å². The fourth-order valence-electron chi connectivity index (χ4n) is 2.47. The van der Waals surface area contributed by atoms with Crippen LogP contribution in [0.3, 0.4) is 0 Å². The Morgan fingerprint density at radius 3 is 2.44 bits per heavy atom. The highest BCUT2D eigenvalue weighted by atomic mass is 16.5. The minimum Gasteiger partial charge on any atom is -0.494 e. The van der Waals surface area contributed by atoms with Crippen LogP contribution >= 0.6 is 0 Å². The molecule has 0 aliphatic carbocycles. The SMILES string of the molecule is CCCCCCOc1ccc(NC(=O)CNCc2ccccc2)cc1. The van der Waals surface area contributed by atoms with Gasteiger partial charge in [-0.1, -0.05) is 56.5 Å². The zero-order valence-corrected chi connectivity index (χ0v) is 15.0. The summed E-state index contributed by atoms with van der Waals surface area (Å²) in [6.07, 6.45) is 4.78. The van der Waals surface area contributed by atoms with E-state index < -0.39 is 0 Å². The van der Waals surface area contributed by atoms with Crippen LogP contribution in [0.4, 0.5) is 5.69 Å². The van der Waals surface area contributed by atoms with Crippen molar-refractivity contribution < 1.29 is 9.53 Å². The van der Waals surface area contributed by atoms with Gasteiger partial charge in [0.1, 0.15) is 5.75 Å². The Bertz CT molecular complexity index is 612. The number of ether oxygens (including phenoxy) is 1. The van der Waals surface area contributed by atoms with E-state index in [1.165, 1.54) is 19.3 Å². The molecule has 2 N–H and O–H groups in total. The van der Waals surface area contributed by atoms with Gasteiger partial charge >= 0.3 is 0 Å². The van der Waals surface area contributed by atoms with E-state index in [0.29, 0.717) is 6.54 Å². The molecule has 0 atom stereocenters. The summed E-state index contributed by atoms with van der Waals surface area (Å²) in [7, 11) is 0. The molecule has 0 aliphatic heterocycles. The molecule has 0 heterocycles. The highest BCUT2D eigenvalue weighted by Crippen LogP contribution is 2.16. The number of benzene rings is 2. The van der Waals surface area contributed by atoms with Crippen LogP contribution in [0.2, 0.25) is 0 Å². The number of unbranched alkanes of at least 4 members (excludes halogenated alkanes) is 3. The van der Waals surface area contributed by atoms with E-state index in [1.54, 1.807) is 0 Å². The van der Waals surface area contributed by atoms with Crippen LogP contribution in [0.1, 0.15) is 38.2 Å². The van der Waals surface area contributed by atoms with Gasteiger partial charge in [-0.3, -0.25) is 4.79 Å². The minimum atomic E-state index is -0.0517. The van der Waals surface area contributed by atoms with E-state index in [2.05, 4.69) is 17.6 Å². The first-order valence-electron chi connectivity index (χ1n) is 9.05. The predicted octanol–water partition coefficient (Wildman–Crippen LogP) is 4.37. The summed E-state index contributed by atoms with van der Waals surface area (Å²) in [6.45, 7) is 3.91. The smallest absolute Gasteiger partial charge is 0.238 e. The third kappa shape index (κ3) is 7.86. The van der Waals surface area contributed by atoms with E-state index in [0.717, 1.165) is 30.0 Å². The summed E-state index contributed by atoms with van der Waals surface area (Å²) < 4.78 is 5.70. The van der Waals surface area contributed by atoms with Crippen LogP contribution in [-0.4, -0.2) is 19.1 Å². The van der Waals surface area contributed by atoms with Crippen molar-refractivity contribution >= 4 is 11.6 Å². The van der Waals surface area contributed by atoms with Gasteiger partial charge in [0.2, 0.25) is 5.91 Å². The topological polar surface area (TPSA) is 50.4 Å². The van der Waals surface area contributed by atoms with Crippen LogP contribution in [0.25, 0.3) is 0 Å². The minimum absolute atomic E-state index is 0.0517. The Balaban J connectivity index is 1.65. The molecule has 2 aromatic rings. The van der Waals surface area contributed by atoms with Gasteiger partial charge in [-0.15, -0.1) is 0 Å². The van der Waals surface area contributed by atoms with Gasteiger partial charge in [0.25, 0.3) is 0 Å². The summed E-state index contributed by atoms with van der Waals surface area (Å²) >= 11 is 0. The van der Waals surface area contributed by atoms with Gasteiger partial charge in [0.05, 0.1) is 13.2 Å². The number of hydrogen-bond acceptors (Lipinski definition) is 3. The van der Waals surface area contributed by atoms with Crippen LogP contribution in [0.15, 0.2) is 54.6 Å². The van der Waals surface area contributed by atoms with Gasteiger partial charge in [-0.05, 0) is 36.2 Å². The fourth-order valence-corrected chi connectivity index (χ4v) is 2.47. The van der Waals surface area contributed by atoms with Crippen molar-refractivity contribution in [3.05, 3.63) is 60.2 Å². The molecule has 0 saturated carbocycles. The monoisotopic (exact) mass is 340 g/mol. The highest BCUT2D eigenvalue weighted by Gasteiger charge is 2.02. The lowest BCUT2D eigenvalue weighted by atomic mass is 10.2. The summed E-state index contributed by atoms with van der Waals surface area (Å²) in [5.74, 6) is 0.792. The predicted molar refractivity (Wildman–Crippen MR) is 103 cm³/mol. The van der Waals surface area contributed by atoms with Crippen molar-refractivity contribution in [2.75, 3.05) is 18.5 Å². The van der Waals surface area contributed by atoms with E-state index in [9.17, 15) is 4.79 Å². The summed E-state index contributed by atoms with van der Waals surface area (Å²) in [6, 6.07) is 17.6. The molecule has 0 radical (unpaired) electrons. The van der Waals surface area contributed by atoms with Crippen molar-refractivity contribution in [2.24, 2.45) is 0 Å². The molecule has 1 amide bonds. The quantitative estimate of drug-likeness (QED) is 0.597. The summed E-state index contributed by atoms with van der Waals surface area (Å²) in [5.41, 5.74) is 1.94. The highest BCUT2D eigenvalue weighted by molar-refractivity contribution is 5.92. The molecule has 2 aromatic carbocycles. The van der Waals surface area contributed by atoms with E-state index in [1.807, 2.05) is 54.6 Å². The van der Waals surface area contributed by atoms with Gasteiger partial charge in [0, 0.05) is 12.2 Å².